The third kappa shape index (κ3) is 3.56. The lowest BCUT2D eigenvalue weighted by molar-refractivity contribution is 0.0592. The van der Waals surface area contributed by atoms with Crippen LogP contribution in [0.3, 0.4) is 0 Å². The summed E-state index contributed by atoms with van der Waals surface area (Å²) in [5.41, 5.74) is 0. The number of likely N-dealkylation sites (tertiary alicyclic amines) is 1. The zero-order valence-electron chi connectivity index (χ0n) is 9.75. The lowest BCUT2D eigenvalue weighted by Gasteiger charge is -2.35. The van der Waals surface area contributed by atoms with Crippen LogP contribution in [0.4, 0.5) is 0 Å². The van der Waals surface area contributed by atoms with E-state index in [-0.39, 0.29) is 0 Å². The molecule has 0 bridgehead atoms. The molecule has 1 unspecified atom stereocenters. The molecule has 0 radical (unpaired) electrons. The van der Waals surface area contributed by atoms with Crippen LogP contribution in [-0.4, -0.2) is 50.3 Å². The molecular weight excluding hydrogens is 176 g/mol. The van der Waals surface area contributed by atoms with E-state index in [1.54, 1.807) is 0 Å². The first kappa shape index (κ1) is 12.0. The minimum Gasteiger partial charge on any atom is -0.380 e. The van der Waals surface area contributed by atoms with Gasteiger partial charge in [-0.3, -0.25) is 4.90 Å². The Kier molecular flexibility index (Phi) is 5.45. The molecule has 0 spiro atoms. The summed E-state index contributed by atoms with van der Waals surface area (Å²) in [7, 11) is 2.06. The minimum absolute atomic E-state index is 0.577. The number of ether oxygens (including phenoxy) is 1. The molecule has 0 aliphatic carbocycles. The van der Waals surface area contributed by atoms with Gasteiger partial charge in [-0.1, -0.05) is 0 Å². The highest BCUT2D eigenvalue weighted by atomic mass is 16.5. The van der Waals surface area contributed by atoms with E-state index in [4.69, 9.17) is 4.74 Å². The zero-order chi connectivity index (χ0) is 10.4. The van der Waals surface area contributed by atoms with Gasteiger partial charge in [0, 0.05) is 18.7 Å². The van der Waals surface area contributed by atoms with Gasteiger partial charge >= 0.3 is 0 Å². The monoisotopic (exact) mass is 200 g/mol. The molecule has 1 aliphatic heterocycles. The van der Waals surface area contributed by atoms with Gasteiger partial charge in [0.15, 0.2) is 0 Å². The van der Waals surface area contributed by atoms with Gasteiger partial charge in [-0.15, -0.1) is 0 Å². The second kappa shape index (κ2) is 6.38. The van der Waals surface area contributed by atoms with Crippen molar-refractivity contribution < 1.29 is 4.74 Å². The number of nitrogens with one attached hydrogen (secondary N) is 1. The standard InChI is InChI=1S/C11H24N2O/c1-4-14-9-10(2)13-7-5-11(12-3)6-8-13/h10-12H,4-9H2,1-3H3. The van der Waals surface area contributed by atoms with Crippen molar-refractivity contribution in [2.45, 2.75) is 38.8 Å². The molecule has 1 atom stereocenters. The van der Waals surface area contributed by atoms with Crippen molar-refractivity contribution in [2.75, 3.05) is 33.4 Å². The molecule has 3 heteroatoms. The average Bonchev–Trinajstić information content (AvgIpc) is 2.26. The first-order valence-corrected chi connectivity index (χ1v) is 5.77. The predicted octanol–water partition coefficient (Wildman–Crippen LogP) is 1.10. The Hall–Kier alpha value is -0.120. The van der Waals surface area contributed by atoms with E-state index in [0.29, 0.717) is 6.04 Å². The van der Waals surface area contributed by atoms with Gasteiger partial charge in [0.05, 0.1) is 6.61 Å². The molecule has 0 amide bonds. The summed E-state index contributed by atoms with van der Waals surface area (Å²) in [6.45, 7) is 8.44. The van der Waals surface area contributed by atoms with Crippen molar-refractivity contribution in [1.29, 1.82) is 0 Å². The molecule has 1 N–H and O–H groups in total. The van der Waals surface area contributed by atoms with E-state index in [9.17, 15) is 0 Å². The molecule has 1 rings (SSSR count). The Bertz CT molecular complexity index is 144. The van der Waals surface area contributed by atoms with Crippen LogP contribution in [0.2, 0.25) is 0 Å². The van der Waals surface area contributed by atoms with Crippen molar-refractivity contribution >= 4 is 0 Å². The van der Waals surface area contributed by atoms with E-state index in [2.05, 4.69) is 31.1 Å². The van der Waals surface area contributed by atoms with Crippen molar-refractivity contribution in [3.05, 3.63) is 0 Å². The fraction of sp³-hybridized carbons (Fsp3) is 1.00. The molecule has 1 saturated heterocycles. The van der Waals surface area contributed by atoms with Gasteiger partial charge < -0.3 is 10.1 Å². The highest BCUT2D eigenvalue weighted by Crippen LogP contribution is 2.12. The Morgan fingerprint density at radius 2 is 2.07 bits per heavy atom. The lowest BCUT2D eigenvalue weighted by Crippen LogP contribution is -2.46. The van der Waals surface area contributed by atoms with Crippen LogP contribution in [0.5, 0.6) is 0 Å². The number of rotatable bonds is 5. The maximum absolute atomic E-state index is 5.44. The average molecular weight is 200 g/mol. The number of hydrogen-bond donors (Lipinski definition) is 1. The molecular formula is C11H24N2O. The van der Waals surface area contributed by atoms with Gasteiger partial charge in [0.1, 0.15) is 0 Å². The van der Waals surface area contributed by atoms with E-state index in [1.807, 2.05) is 0 Å². The maximum Gasteiger partial charge on any atom is 0.0618 e. The van der Waals surface area contributed by atoms with Crippen molar-refractivity contribution in [2.24, 2.45) is 0 Å². The van der Waals surface area contributed by atoms with Crippen LogP contribution < -0.4 is 5.32 Å². The third-order valence-corrected chi connectivity index (χ3v) is 3.12. The quantitative estimate of drug-likeness (QED) is 0.719. The predicted molar refractivity (Wildman–Crippen MR) is 59.6 cm³/mol. The first-order chi connectivity index (χ1) is 6.77. The molecule has 0 aromatic carbocycles. The normalized spacial score (nSPS) is 22.5. The molecule has 3 nitrogen and oxygen atoms in total. The Balaban J connectivity index is 2.19. The third-order valence-electron chi connectivity index (χ3n) is 3.12. The SMILES string of the molecule is CCOCC(C)N1CCC(NC)CC1. The highest BCUT2D eigenvalue weighted by molar-refractivity contribution is 4.78. The van der Waals surface area contributed by atoms with Gasteiger partial charge in [-0.25, -0.2) is 0 Å². The fourth-order valence-corrected chi connectivity index (χ4v) is 2.02. The summed E-state index contributed by atoms with van der Waals surface area (Å²) in [5.74, 6) is 0. The summed E-state index contributed by atoms with van der Waals surface area (Å²) >= 11 is 0. The summed E-state index contributed by atoms with van der Waals surface area (Å²) in [6, 6.07) is 1.30. The van der Waals surface area contributed by atoms with Crippen LogP contribution in [0.15, 0.2) is 0 Å². The van der Waals surface area contributed by atoms with Crippen LogP contribution >= 0.6 is 0 Å². The molecule has 14 heavy (non-hydrogen) atoms. The smallest absolute Gasteiger partial charge is 0.0618 e. The first-order valence-electron chi connectivity index (χ1n) is 5.77. The van der Waals surface area contributed by atoms with Gasteiger partial charge in [0.2, 0.25) is 0 Å². The van der Waals surface area contributed by atoms with Crippen LogP contribution in [0, 0.1) is 0 Å². The van der Waals surface area contributed by atoms with E-state index < -0.39 is 0 Å². The summed E-state index contributed by atoms with van der Waals surface area (Å²) in [5, 5.41) is 3.35. The van der Waals surface area contributed by atoms with Crippen LogP contribution in [0.25, 0.3) is 0 Å². The van der Waals surface area contributed by atoms with Crippen LogP contribution in [0.1, 0.15) is 26.7 Å². The maximum atomic E-state index is 5.44. The fourth-order valence-electron chi connectivity index (χ4n) is 2.02. The summed E-state index contributed by atoms with van der Waals surface area (Å²) in [6.07, 6.45) is 2.54. The molecule has 1 heterocycles. The second-order valence-electron chi connectivity index (χ2n) is 4.11. The zero-order valence-corrected chi connectivity index (χ0v) is 9.75. The van der Waals surface area contributed by atoms with Gasteiger partial charge in [0.25, 0.3) is 0 Å². The van der Waals surface area contributed by atoms with Gasteiger partial charge in [-0.05, 0) is 46.8 Å². The second-order valence-corrected chi connectivity index (χ2v) is 4.11. The van der Waals surface area contributed by atoms with E-state index in [1.165, 1.54) is 25.9 Å². The topological polar surface area (TPSA) is 24.5 Å². The van der Waals surface area contributed by atoms with E-state index >= 15 is 0 Å². The van der Waals surface area contributed by atoms with E-state index in [0.717, 1.165) is 19.3 Å². The molecule has 84 valence electrons. The molecule has 0 aromatic heterocycles. The van der Waals surface area contributed by atoms with Crippen LogP contribution in [-0.2, 0) is 4.74 Å². The van der Waals surface area contributed by atoms with Crippen molar-refractivity contribution in [3.8, 4) is 0 Å². The Morgan fingerprint density at radius 3 is 2.57 bits per heavy atom. The number of piperidine rings is 1. The molecule has 1 fully saturated rings. The Morgan fingerprint density at radius 1 is 1.43 bits per heavy atom. The largest absolute Gasteiger partial charge is 0.380 e. The van der Waals surface area contributed by atoms with Crippen molar-refractivity contribution in [3.63, 3.8) is 0 Å². The Labute approximate surface area is 87.8 Å². The highest BCUT2D eigenvalue weighted by Gasteiger charge is 2.21. The van der Waals surface area contributed by atoms with Gasteiger partial charge in [-0.2, -0.15) is 0 Å². The minimum atomic E-state index is 0.577. The molecule has 0 aromatic rings. The van der Waals surface area contributed by atoms with Crippen molar-refractivity contribution in [1.82, 2.24) is 10.2 Å². The lowest BCUT2D eigenvalue weighted by atomic mass is 10.0. The summed E-state index contributed by atoms with van der Waals surface area (Å²) in [4.78, 5) is 2.53. The number of nitrogens with zero attached hydrogens (tertiary/aromatic N) is 1. The molecule has 1 aliphatic rings. The number of hydrogen-bond acceptors (Lipinski definition) is 3. The summed E-state index contributed by atoms with van der Waals surface area (Å²) < 4.78 is 5.44. The molecule has 0 saturated carbocycles.